The molecule has 1 spiro atoms. The van der Waals surface area contributed by atoms with E-state index >= 15 is 0 Å². The van der Waals surface area contributed by atoms with Crippen LogP contribution >= 0.6 is 0 Å². The predicted octanol–water partition coefficient (Wildman–Crippen LogP) is -0.861. The van der Waals surface area contributed by atoms with E-state index in [-0.39, 0.29) is 42.3 Å². The molecule has 2 aromatic heterocycles. The van der Waals surface area contributed by atoms with Gasteiger partial charge in [0.15, 0.2) is 5.78 Å². The van der Waals surface area contributed by atoms with Crippen LogP contribution in [-0.4, -0.2) is 88.7 Å². The number of hydrogen-bond donors (Lipinski definition) is 1. The zero-order chi connectivity index (χ0) is 21.5. The summed E-state index contributed by atoms with van der Waals surface area (Å²) < 4.78 is 6.50. The number of aromatic nitrogens is 5. The van der Waals surface area contributed by atoms with Crippen molar-refractivity contribution in [2.75, 3.05) is 19.6 Å². The van der Waals surface area contributed by atoms with E-state index in [0.29, 0.717) is 25.9 Å². The van der Waals surface area contributed by atoms with Crippen molar-refractivity contribution in [3.8, 4) is 0 Å². The number of likely N-dealkylation sites (tertiary alicyclic amines) is 2. The molecular formula is C18H23N7O5. The molecule has 0 aromatic carbocycles. The van der Waals surface area contributed by atoms with Gasteiger partial charge in [-0.1, -0.05) is 0 Å². The molecule has 2 fully saturated rings. The fraction of sp³-hybridized carbons (Fsp3) is 0.611. The van der Waals surface area contributed by atoms with Gasteiger partial charge in [-0.25, -0.2) is 9.67 Å². The lowest BCUT2D eigenvalue weighted by Gasteiger charge is -2.50. The van der Waals surface area contributed by atoms with Crippen LogP contribution in [0.15, 0.2) is 17.1 Å². The molecule has 2 aliphatic heterocycles. The molecule has 2 amide bonds. The molecule has 4 rings (SSSR count). The maximum atomic E-state index is 13.0. The van der Waals surface area contributed by atoms with Gasteiger partial charge in [0.1, 0.15) is 11.9 Å². The minimum Gasteiger partial charge on any atom is -0.428 e. The molecule has 0 bridgehead atoms. The second-order valence-electron chi connectivity index (χ2n) is 7.83. The average molecular weight is 417 g/mol. The number of rotatable bonds is 7. The molecule has 2 aliphatic rings. The van der Waals surface area contributed by atoms with E-state index in [0.717, 1.165) is 6.39 Å². The van der Waals surface area contributed by atoms with E-state index < -0.39 is 17.6 Å². The fourth-order valence-corrected chi connectivity index (χ4v) is 4.29. The van der Waals surface area contributed by atoms with Crippen LogP contribution in [0, 0.1) is 0 Å². The Balaban J connectivity index is 1.40. The molecular weight excluding hydrogens is 394 g/mol. The summed E-state index contributed by atoms with van der Waals surface area (Å²) >= 11 is 0. The van der Waals surface area contributed by atoms with Gasteiger partial charge in [0, 0.05) is 20.0 Å². The molecule has 2 aromatic rings. The molecule has 160 valence electrons. The molecule has 3 atom stereocenters. The van der Waals surface area contributed by atoms with E-state index in [1.165, 1.54) is 15.9 Å². The van der Waals surface area contributed by atoms with E-state index in [9.17, 15) is 19.5 Å². The molecule has 1 unspecified atom stereocenters. The summed E-state index contributed by atoms with van der Waals surface area (Å²) in [6.07, 6.45) is 2.81. The molecule has 12 nitrogen and oxygen atoms in total. The molecule has 0 aliphatic carbocycles. The number of carbonyl (C=O) groups excluding carboxylic acids is 3. The van der Waals surface area contributed by atoms with Crippen molar-refractivity contribution in [1.29, 1.82) is 0 Å². The number of carbonyl (C=O) groups is 3. The lowest BCUT2D eigenvalue weighted by molar-refractivity contribution is -0.160. The van der Waals surface area contributed by atoms with Gasteiger partial charge in [0.05, 0.1) is 25.1 Å². The standard InChI is InChI=1S/C18H23N7O5/c1-11(26)13(15-22-20-10-30-15)6-12(27)7-24-8-18(17(24)29)4-3-5-25(18)16(28)14-19-9-21-23(14)2/h9-11,13,26H,3-8H2,1-2H3/t11-,13+,18?/m1/s1. The summed E-state index contributed by atoms with van der Waals surface area (Å²) in [6, 6.07) is 0. The minimum atomic E-state index is -0.917. The Labute approximate surface area is 171 Å². The third kappa shape index (κ3) is 3.26. The van der Waals surface area contributed by atoms with Crippen LogP contribution in [0.4, 0.5) is 0 Å². The van der Waals surface area contributed by atoms with Crippen LogP contribution in [0.1, 0.15) is 48.6 Å². The van der Waals surface area contributed by atoms with Gasteiger partial charge >= 0.3 is 0 Å². The highest BCUT2D eigenvalue weighted by molar-refractivity contribution is 6.02. The van der Waals surface area contributed by atoms with Crippen LogP contribution in [0.3, 0.4) is 0 Å². The van der Waals surface area contributed by atoms with Crippen molar-refractivity contribution < 1.29 is 23.9 Å². The largest absolute Gasteiger partial charge is 0.428 e. The third-order valence-electron chi connectivity index (χ3n) is 5.87. The monoisotopic (exact) mass is 417 g/mol. The number of nitrogens with zero attached hydrogens (tertiary/aromatic N) is 7. The zero-order valence-corrected chi connectivity index (χ0v) is 16.8. The summed E-state index contributed by atoms with van der Waals surface area (Å²) in [5, 5.41) is 21.2. The average Bonchev–Trinajstić information content (AvgIpc) is 3.46. The number of amides is 2. The van der Waals surface area contributed by atoms with Gasteiger partial charge in [-0.2, -0.15) is 5.10 Å². The third-order valence-corrected chi connectivity index (χ3v) is 5.87. The number of aliphatic hydroxyl groups excluding tert-OH is 1. The van der Waals surface area contributed by atoms with Crippen molar-refractivity contribution in [1.82, 2.24) is 34.8 Å². The van der Waals surface area contributed by atoms with Gasteiger partial charge in [0.2, 0.25) is 18.1 Å². The quantitative estimate of drug-likeness (QED) is 0.568. The molecule has 0 radical (unpaired) electrons. The SMILES string of the molecule is C[C@@H](O)[C@H](CC(=O)CN1CC2(CCCN2C(=O)c2ncnn2C)C1=O)c1nnco1. The smallest absolute Gasteiger partial charge is 0.292 e. The predicted molar refractivity (Wildman–Crippen MR) is 98.9 cm³/mol. The number of ketones is 1. The maximum absolute atomic E-state index is 13.0. The maximum Gasteiger partial charge on any atom is 0.292 e. The second-order valence-corrected chi connectivity index (χ2v) is 7.83. The first-order valence-electron chi connectivity index (χ1n) is 9.74. The zero-order valence-electron chi connectivity index (χ0n) is 16.8. The van der Waals surface area contributed by atoms with Gasteiger partial charge < -0.3 is 19.3 Å². The summed E-state index contributed by atoms with van der Waals surface area (Å²) in [5.74, 6) is -1.08. The lowest BCUT2D eigenvalue weighted by Crippen LogP contribution is -2.73. The van der Waals surface area contributed by atoms with Crippen LogP contribution in [0.5, 0.6) is 0 Å². The van der Waals surface area contributed by atoms with Crippen LogP contribution in [0.2, 0.25) is 0 Å². The highest BCUT2D eigenvalue weighted by atomic mass is 16.4. The van der Waals surface area contributed by atoms with Crippen molar-refractivity contribution in [3.63, 3.8) is 0 Å². The summed E-state index contributed by atoms with van der Waals surface area (Å²) in [5.41, 5.74) is -0.917. The number of aryl methyl sites for hydroxylation is 1. The summed E-state index contributed by atoms with van der Waals surface area (Å²) in [6.45, 7) is 2.20. The van der Waals surface area contributed by atoms with Crippen LogP contribution in [0.25, 0.3) is 0 Å². The molecule has 12 heteroatoms. The number of aliphatic hydroxyl groups is 1. The Morgan fingerprint density at radius 1 is 1.40 bits per heavy atom. The Bertz CT molecular complexity index is 956. The Hall–Kier alpha value is -3.15. The molecule has 0 saturated carbocycles. The molecule has 2 saturated heterocycles. The first-order valence-corrected chi connectivity index (χ1v) is 9.74. The minimum absolute atomic E-state index is 0.0295. The number of β-lactam (4-membered cyclic amide) rings is 1. The molecule has 1 N–H and O–H groups in total. The first kappa shape index (κ1) is 20.1. The van der Waals surface area contributed by atoms with Crippen molar-refractivity contribution in [3.05, 3.63) is 24.4 Å². The van der Waals surface area contributed by atoms with Crippen LogP contribution in [-0.2, 0) is 16.6 Å². The molecule has 4 heterocycles. The van der Waals surface area contributed by atoms with Crippen molar-refractivity contribution in [2.45, 2.75) is 43.7 Å². The van der Waals surface area contributed by atoms with Gasteiger partial charge in [-0.15, -0.1) is 10.2 Å². The van der Waals surface area contributed by atoms with Gasteiger partial charge in [0.25, 0.3) is 11.8 Å². The second kappa shape index (κ2) is 7.59. The van der Waals surface area contributed by atoms with Crippen LogP contribution < -0.4 is 0 Å². The Morgan fingerprint density at radius 2 is 2.20 bits per heavy atom. The van der Waals surface area contributed by atoms with Gasteiger partial charge in [-0.3, -0.25) is 14.4 Å². The number of hydrogen-bond acceptors (Lipinski definition) is 9. The normalized spacial score (nSPS) is 23.0. The molecule has 30 heavy (non-hydrogen) atoms. The fourth-order valence-electron chi connectivity index (χ4n) is 4.29. The first-order chi connectivity index (χ1) is 14.3. The van der Waals surface area contributed by atoms with E-state index in [1.54, 1.807) is 18.9 Å². The van der Waals surface area contributed by atoms with Gasteiger partial charge in [-0.05, 0) is 19.8 Å². The van der Waals surface area contributed by atoms with E-state index in [2.05, 4.69) is 20.3 Å². The van der Waals surface area contributed by atoms with E-state index in [4.69, 9.17) is 4.42 Å². The van der Waals surface area contributed by atoms with Crippen molar-refractivity contribution >= 4 is 17.6 Å². The van der Waals surface area contributed by atoms with Crippen molar-refractivity contribution in [2.24, 2.45) is 7.05 Å². The lowest BCUT2D eigenvalue weighted by atomic mass is 9.84. The topological polar surface area (TPSA) is 148 Å². The highest BCUT2D eigenvalue weighted by Gasteiger charge is 2.60. The number of Topliss-reactive ketones (excluding diaryl/α,β-unsaturated/α-hetero) is 1. The Morgan fingerprint density at radius 3 is 2.80 bits per heavy atom. The summed E-state index contributed by atoms with van der Waals surface area (Å²) in [4.78, 5) is 45.4. The summed E-state index contributed by atoms with van der Waals surface area (Å²) in [7, 11) is 1.62. The van der Waals surface area contributed by atoms with E-state index in [1.807, 2.05) is 0 Å². The Kier molecular flexibility index (Phi) is 5.10. The highest BCUT2D eigenvalue weighted by Crippen LogP contribution is 2.39.